The zero-order valence-corrected chi connectivity index (χ0v) is 15.8. The van der Waals surface area contributed by atoms with Gasteiger partial charge in [-0.2, -0.15) is 5.10 Å². The van der Waals surface area contributed by atoms with Gasteiger partial charge in [0.15, 0.2) is 0 Å². The molecule has 0 amide bonds. The molecule has 1 fully saturated rings. The van der Waals surface area contributed by atoms with E-state index in [1.54, 1.807) is 6.20 Å². The first-order valence-corrected chi connectivity index (χ1v) is 9.25. The molecule has 2 N–H and O–H groups in total. The van der Waals surface area contributed by atoms with Crippen LogP contribution >= 0.6 is 0 Å². The Labute approximate surface area is 158 Å². The largest absolute Gasteiger partial charge is 0.367 e. The lowest BCUT2D eigenvalue weighted by Gasteiger charge is -2.15. The molecule has 0 radical (unpaired) electrons. The van der Waals surface area contributed by atoms with Gasteiger partial charge < -0.3 is 15.2 Å². The highest BCUT2D eigenvalue weighted by molar-refractivity contribution is 5.42. The maximum atomic E-state index is 4.57. The Hall–Kier alpha value is -3.03. The topological polar surface area (TPSA) is 93.4 Å². The van der Waals surface area contributed by atoms with Gasteiger partial charge in [-0.15, -0.1) is 5.10 Å². The second kappa shape index (κ2) is 7.30. The summed E-state index contributed by atoms with van der Waals surface area (Å²) in [5.41, 5.74) is 2.85. The van der Waals surface area contributed by atoms with E-state index >= 15 is 0 Å². The summed E-state index contributed by atoms with van der Waals surface area (Å²) in [5, 5.41) is 15.0. The summed E-state index contributed by atoms with van der Waals surface area (Å²) in [6.45, 7) is 5.88. The third-order valence-corrected chi connectivity index (χ3v) is 4.82. The fourth-order valence-corrected chi connectivity index (χ4v) is 3.53. The predicted octanol–water partition coefficient (Wildman–Crippen LogP) is 2.82. The highest BCUT2D eigenvalue weighted by atomic mass is 15.2. The molecule has 8 nitrogen and oxygen atoms in total. The van der Waals surface area contributed by atoms with E-state index in [1.165, 1.54) is 0 Å². The molecular weight excluding hydrogens is 340 g/mol. The number of nitrogens with zero attached hydrogens (tertiary/aromatic N) is 6. The molecule has 1 saturated carbocycles. The van der Waals surface area contributed by atoms with Crippen LogP contribution < -0.4 is 10.6 Å². The van der Waals surface area contributed by atoms with Crippen LogP contribution in [0.4, 0.5) is 11.8 Å². The molecule has 0 aromatic carbocycles. The van der Waals surface area contributed by atoms with Crippen LogP contribution in [0.5, 0.6) is 0 Å². The fourth-order valence-electron chi connectivity index (χ4n) is 3.53. The first-order valence-electron chi connectivity index (χ1n) is 9.25. The number of rotatable bonds is 5. The minimum atomic E-state index is 0.350. The molecule has 27 heavy (non-hydrogen) atoms. The lowest BCUT2D eigenvalue weighted by molar-refractivity contribution is 0.712. The van der Waals surface area contributed by atoms with Crippen LogP contribution in [0.2, 0.25) is 0 Å². The SMILES string of the molecule is Cc1cnc(N[C@H]2CC[C@H](Nc3ccc(-n4cc(C)nc4C)cn3)C2)nn1. The van der Waals surface area contributed by atoms with Gasteiger partial charge in [0.25, 0.3) is 0 Å². The Morgan fingerprint density at radius 1 is 0.926 bits per heavy atom. The summed E-state index contributed by atoms with van der Waals surface area (Å²) in [5.74, 6) is 2.46. The maximum Gasteiger partial charge on any atom is 0.242 e. The van der Waals surface area contributed by atoms with Crippen molar-refractivity contribution in [2.24, 2.45) is 0 Å². The molecule has 4 rings (SSSR count). The number of pyridine rings is 1. The van der Waals surface area contributed by atoms with Gasteiger partial charge in [0.05, 0.1) is 29.5 Å². The summed E-state index contributed by atoms with van der Waals surface area (Å²) < 4.78 is 2.05. The fraction of sp³-hybridized carbons (Fsp3) is 0.421. The average Bonchev–Trinajstić information content (AvgIpc) is 3.23. The van der Waals surface area contributed by atoms with Crippen LogP contribution in [-0.4, -0.2) is 41.8 Å². The average molecular weight is 364 g/mol. The molecule has 1 aliphatic carbocycles. The second-order valence-electron chi connectivity index (χ2n) is 7.12. The third-order valence-electron chi connectivity index (χ3n) is 4.82. The Balaban J connectivity index is 1.34. The number of hydrogen-bond acceptors (Lipinski definition) is 7. The van der Waals surface area contributed by atoms with Gasteiger partial charge in [-0.05, 0) is 52.2 Å². The van der Waals surface area contributed by atoms with Crippen LogP contribution in [0.15, 0.2) is 30.7 Å². The van der Waals surface area contributed by atoms with Crippen molar-refractivity contribution < 1.29 is 0 Å². The van der Waals surface area contributed by atoms with Gasteiger partial charge in [-0.1, -0.05) is 0 Å². The van der Waals surface area contributed by atoms with E-state index in [0.29, 0.717) is 18.0 Å². The van der Waals surface area contributed by atoms with Crippen molar-refractivity contribution in [1.29, 1.82) is 0 Å². The van der Waals surface area contributed by atoms with E-state index in [9.17, 15) is 0 Å². The van der Waals surface area contributed by atoms with Gasteiger partial charge >= 0.3 is 0 Å². The standard InChI is InChI=1S/C19H24N8/c1-12-9-21-19(26-25-12)24-16-5-4-15(8-16)23-18-7-6-17(10-20-18)27-11-13(2)22-14(27)3/h6-7,9-11,15-16H,4-5,8H2,1-3H3,(H,20,23)(H,21,24,26)/t15-,16-/m0/s1. The lowest BCUT2D eigenvalue weighted by Crippen LogP contribution is -2.22. The van der Waals surface area contributed by atoms with E-state index in [2.05, 4.69) is 46.4 Å². The highest BCUT2D eigenvalue weighted by Crippen LogP contribution is 2.24. The summed E-state index contributed by atoms with van der Waals surface area (Å²) in [6, 6.07) is 4.83. The highest BCUT2D eigenvalue weighted by Gasteiger charge is 2.25. The molecule has 0 saturated heterocycles. The van der Waals surface area contributed by atoms with Crippen LogP contribution in [0, 0.1) is 20.8 Å². The van der Waals surface area contributed by atoms with E-state index in [1.807, 2.05) is 39.2 Å². The Bertz CT molecular complexity index is 900. The molecule has 0 spiro atoms. The van der Waals surface area contributed by atoms with E-state index in [0.717, 1.165) is 48.0 Å². The van der Waals surface area contributed by atoms with Crippen molar-refractivity contribution in [3.8, 4) is 5.69 Å². The summed E-state index contributed by atoms with van der Waals surface area (Å²) in [4.78, 5) is 13.3. The van der Waals surface area contributed by atoms with Gasteiger partial charge in [0.1, 0.15) is 11.6 Å². The van der Waals surface area contributed by atoms with E-state index < -0.39 is 0 Å². The van der Waals surface area contributed by atoms with Gasteiger partial charge in [0.2, 0.25) is 5.95 Å². The van der Waals surface area contributed by atoms with Crippen LogP contribution in [-0.2, 0) is 0 Å². The van der Waals surface area contributed by atoms with Crippen LogP contribution in [0.25, 0.3) is 5.69 Å². The van der Waals surface area contributed by atoms with E-state index in [4.69, 9.17) is 0 Å². The zero-order chi connectivity index (χ0) is 18.8. The number of anilines is 2. The van der Waals surface area contributed by atoms with Crippen LogP contribution in [0.1, 0.15) is 36.5 Å². The van der Waals surface area contributed by atoms with Crippen molar-refractivity contribution in [3.63, 3.8) is 0 Å². The molecule has 3 aromatic heterocycles. The number of imidazole rings is 1. The molecule has 0 bridgehead atoms. The quantitative estimate of drug-likeness (QED) is 0.719. The number of aromatic nitrogens is 6. The van der Waals surface area contributed by atoms with Crippen molar-refractivity contribution in [2.75, 3.05) is 10.6 Å². The second-order valence-corrected chi connectivity index (χ2v) is 7.12. The smallest absolute Gasteiger partial charge is 0.242 e. The summed E-state index contributed by atoms with van der Waals surface area (Å²) >= 11 is 0. The van der Waals surface area contributed by atoms with Gasteiger partial charge in [0, 0.05) is 18.3 Å². The van der Waals surface area contributed by atoms with E-state index in [-0.39, 0.29) is 0 Å². The number of aryl methyl sites for hydroxylation is 3. The van der Waals surface area contributed by atoms with Crippen LogP contribution in [0.3, 0.4) is 0 Å². The lowest BCUT2D eigenvalue weighted by atomic mass is 10.2. The predicted molar refractivity (Wildman–Crippen MR) is 104 cm³/mol. The summed E-state index contributed by atoms with van der Waals surface area (Å²) in [7, 11) is 0. The Morgan fingerprint density at radius 3 is 2.37 bits per heavy atom. The molecule has 2 atom stereocenters. The molecule has 140 valence electrons. The first-order chi connectivity index (χ1) is 13.1. The Morgan fingerprint density at radius 2 is 1.74 bits per heavy atom. The van der Waals surface area contributed by atoms with Gasteiger partial charge in [-0.3, -0.25) is 0 Å². The molecule has 0 unspecified atom stereocenters. The zero-order valence-electron chi connectivity index (χ0n) is 15.8. The van der Waals surface area contributed by atoms with Gasteiger partial charge in [-0.25, -0.2) is 15.0 Å². The Kier molecular flexibility index (Phi) is 4.70. The normalized spacial score (nSPS) is 19.2. The summed E-state index contributed by atoms with van der Waals surface area (Å²) in [6.07, 6.45) is 8.79. The molecule has 3 heterocycles. The third kappa shape index (κ3) is 4.05. The van der Waals surface area contributed by atoms with Crippen molar-refractivity contribution in [3.05, 3.63) is 47.9 Å². The monoisotopic (exact) mass is 364 g/mol. The van der Waals surface area contributed by atoms with Crippen molar-refractivity contribution >= 4 is 11.8 Å². The number of nitrogens with one attached hydrogen (secondary N) is 2. The number of hydrogen-bond donors (Lipinski definition) is 2. The molecular formula is C19H24N8. The molecule has 8 heteroatoms. The van der Waals surface area contributed by atoms with Crippen molar-refractivity contribution in [2.45, 2.75) is 52.1 Å². The minimum Gasteiger partial charge on any atom is -0.367 e. The molecule has 0 aliphatic heterocycles. The first kappa shape index (κ1) is 17.4. The van der Waals surface area contributed by atoms with Crippen molar-refractivity contribution in [1.82, 2.24) is 29.7 Å². The molecule has 1 aliphatic rings. The molecule has 3 aromatic rings. The minimum absolute atomic E-state index is 0.350. The maximum absolute atomic E-state index is 4.57.